The van der Waals surface area contributed by atoms with Gasteiger partial charge in [-0.25, -0.2) is 0 Å². The van der Waals surface area contributed by atoms with Crippen molar-refractivity contribution in [2.75, 3.05) is 0 Å². The van der Waals surface area contributed by atoms with E-state index in [9.17, 15) is 4.79 Å². The second-order valence-corrected chi connectivity index (χ2v) is 3.88. The second-order valence-electron chi connectivity index (χ2n) is 3.88. The van der Waals surface area contributed by atoms with Crippen molar-refractivity contribution in [1.82, 2.24) is 0 Å². The highest BCUT2D eigenvalue weighted by Gasteiger charge is 2.10. The number of esters is 1. The molecule has 14 heavy (non-hydrogen) atoms. The lowest BCUT2D eigenvalue weighted by Gasteiger charge is -2.15. The van der Waals surface area contributed by atoms with E-state index in [0.717, 1.165) is 0 Å². The van der Waals surface area contributed by atoms with Gasteiger partial charge in [-0.1, -0.05) is 31.1 Å². The molecular formula is C12H18O2. The monoisotopic (exact) mass is 194 g/mol. The van der Waals surface area contributed by atoms with E-state index in [1.54, 1.807) is 0 Å². The van der Waals surface area contributed by atoms with Gasteiger partial charge in [-0.15, -0.1) is 0 Å². The van der Waals surface area contributed by atoms with Crippen LogP contribution in [0.2, 0.25) is 0 Å². The summed E-state index contributed by atoms with van der Waals surface area (Å²) in [6.45, 7) is 3.23. The molecule has 2 heteroatoms. The molecule has 78 valence electrons. The molecule has 1 rings (SSSR count). The zero-order chi connectivity index (χ0) is 10.4. The molecule has 0 N–H and O–H groups in total. The molecule has 0 aromatic heterocycles. The largest absolute Gasteiger partial charge is 0.450 e. The molecule has 0 bridgehead atoms. The van der Waals surface area contributed by atoms with Crippen molar-refractivity contribution in [2.45, 2.75) is 52.1 Å². The molecule has 0 spiro atoms. The maximum atomic E-state index is 10.6. The normalized spacial score (nSPS) is 19.3. The van der Waals surface area contributed by atoms with Gasteiger partial charge in [0.1, 0.15) is 0 Å². The molecule has 0 aromatic rings. The van der Waals surface area contributed by atoms with E-state index in [-0.39, 0.29) is 12.1 Å². The molecule has 1 unspecified atom stereocenters. The minimum Gasteiger partial charge on any atom is -0.450 e. The van der Waals surface area contributed by atoms with Crippen LogP contribution in [0.5, 0.6) is 0 Å². The highest BCUT2D eigenvalue weighted by atomic mass is 16.5. The number of ether oxygens (including phenoxy) is 1. The predicted molar refractivity (Wildman–Crippen MR) is 55.6 cm³/mol. The number of rotatable bonds is 1. The molecule has 0 heterocycles. The van der Waals surface area contributed by atoms with Crippen molar-refractivity contribution in [2.24, 2.45) is 5.92 Å². The van der Waals surface area contributed by atoms with Crippen LogP contribution in [0.15, 0.2) is 0 Å². The van der Waals surface area contributed by atoms with Gasteiger partial charge in [-0.3, -0.25) is 4.79 Å². The third-order valence-corrected chi connectivity index (χ3v) is 2.44. The highest BCUT2D eigenvalue weighted by Crippen LogP contribution is 2.22. The first-order valence-electron chi connectivity index (χ1n) is 5.37. The van der Waals surface area contributed by atoms with Crippen molar-refractivity contribution in [3.05, 3.63) is 0 Å². The Morgan fingerprint density at radius 2 is 2.00 bits per heavy atom. The standard InChI is InChI=1S/C12H18O2/c1-10(14-11(2)13)8-9-12-6-4-3-5-7-12/h10,12H,3-7H2,1-2H3. The molecule has 1 aliphatic carbocycles. The first kappa shape index (κ1) is 11.1. The maximum Gasteiger partial charge on any atom is 0.303 e. The smallest absolute Gasteiger partial charge is 0.303 e. The molecule has 1 fully saturated rings. The Labute approximate surface area is 86.0 Å². The molecule has 0 aromatic carbocycles. The van der Waals surface area contributed by atoms with Crippen LogP contribution in [0.1, 0.15) is 46.0 Å². The number of hydrogen-bond acceptors (Lipinski definition) is 2. The topological polar surface area (TPSA) is 26.3 Å². The Morgan fingerprint density at radius 3 is 2.57 bits per heavy atom. The zero-order valence-corrected chi connectivity index (χ0v) is 9.01. The average molecular weight is 194 g/mol. The first-order valence-corrected chi connectivity index (χ1v) is 5.37. The van der Waals surface area contributed by atoms with E-state index in [1.807, 2.05) is 6.92 Å². The first-order chi connectivity index (χ1) is 6.68. The fourth-order valence-electron chi connectivity index (χ4n) is 1.76. The summed E-state index contributed by atoms with van der Waals surface area (Å²) in [7, 11) is 0. The van der Waals surface area contributed by atoms with Crippen LogP contribution < -0.4 is 0 Å². The number of carbonyl (C=O) groups excluding carboxylic acids is 1. The minimum absolute atomic E-state index is 0.254. The third-order valence-electron chi connectivity index (χ3n) is 2.44. The fraction of sp³-hybridized carbons (Fsp3) is 0.750. The van der Waals surface area contributed by atoms with E-state index < -0.39 is 0 Å². The van der Waals surface area contributed by atoms with Gasteiger partial charge in [0, 0.05) is 12.8 Å². The summed E-state index contributed by atoms with van der Waals surface area (Å²) in [6.07, 6.45) is 6.09. The van der Waals surface area contributed by atoms with Crippen LogP contribution in [0, 0.1) is 17.8 Å². The highest BCUT2D eigenvalue weighted by molar-refractivity contribution is 5.66. The molecule has 2 nitrogen and oxygen atoms in total. The Kier molecular flexibility index (Phi) is 4.52. The van der Waals surface area contributed by atoms with Crippen molar-refractivity contribution in [1.29, 1.82) is 0 Å². The third kappa shape index (κ3) is 4.32. The quantitative estimate of drug-likeness (QED) is 0.473. The van der Waals surface area contributed by atoms with Crippen LogP contribution in [-0.4, -0.2) is 12.1 Å². The van der Waals surface area contributed by atoms with Gasteiger partial charge in [0.25, 0.3) is 0 Å². The van der Waals surface area contributed by atoms with Crippen LogP contribution in [0.25, 0.3) is 0 Å². The lowest BCUT2D eigenvalue weighted by Crippen LogP contribution is -2.10. The summed E-state index contributed by atoms with van der Waals surface area (Å²) < 4.78 is 4.93. The van der Waals surface area contributed by atoms with Gasteiger partial charge in [0.15, 0.2) is 6.10 Å². The van der Waals surface area contributed by atoms with Gasteiger partial charge in [-0.05, 0) is 19.8 Å². The van der Waals surface area contributed by atoms with Crippen molar-refractivity contribution >= 4 is 5.97 Å². The summed E-state index contributed by atoms with van der Waals surface area (Å²) >= 11 is 0. The predicted octanol–water partition coefficient (Wildman–Crippen LogP) is 2.52. The van der Waals surface area contributed by atoms with E-state index in [1.165, 1.54) is 39.0 Å². The van der Waals surface area contributed by atoms with Gasteiger partial charge in [0.2, 0.25) is 0 Å². The van der Waals surface area contributed by atoms with Crippen molar-refractivity contribution in [3.63, 3.8) is 0 Å². The second kappa shape index (κ2) is 5.70. The fourth-order valence-corrected chi connectivity index (χ4v) is 1.76. The Balaban J connectivity index is 2.33. The van der Waals surface area contributed by atoms with Gasteiger partial charge in [0.05, 0.1) is 0 Å². The van der Waals surface area contributed by atoms with E-state index in [4.69, 9.17) is 4.74 Å². The molecular weight excluding hydrogens is 176 g/mol. The van der Waals surface area contributed by atoms with E-state index >= 15 is 0 Å². The number of hydrogen-bond donors (Lipinski definition) is 0. The van der Waals surface area contributed by atoms with Gasteiger partial charge < -0.3 is 4.74 Å². The van der Waals surface area contributed by atoms with Crippen LogP contribution in [0.3, 0.4) is 0 Å². The lowest BCUT2D eigenvalue weighted by molar-refractivity contribution is -0.143. The van der Waals surface area contributed by atoms with Crippen LogP contribution >= 0.6 is 0 Å². The Bertz CT molecular complexity index is 241. The Hall–Kier alpha value is -0.970. The SMILES string of the molecule is CC(=O)OC(C)C#CC1CCCCC1. The average Bonchev–Trinajstić information content (AvgIpc) is 2.15. The van der Waals surface area contributed by atoms with Crippen LogP contribution in [-0.2, 0) is 9.53 Å². The molecule has 0 amide bonds. The molecule has 0 saturated heterocycles. The molecule has 1 aliphatic rings. The van der Waals surface area contributed by atoms with E-state index in [2.05, 4.69) is 11.8 Å². The van der Waals surface area contributed by atoms with Crippen LogP contribution in [0.4, 0.5) is 0 Å². The molecule has 1 atom stereocenters. The maximum absolute atomic E-state index is 10.6. The van der Waals surface area contributed by atoms with Gasteiger partial charge in [-0.2, -0.15) is 0 Å². The number of carbonyl (C=O) groups is 1. The van der Waals surface area contributed by atoms with Crippen molar-refractivity contribution in [3.8, 4) is 11.8 Å². The summed E-state index contributed by atoms with van der Waals surface area (Å²) in [5, 5.41) is 0. The Morgan fingerprint density at radius 1 is 1.36 bits per heavy atom. The summed E-state index contributed by atoms with van der Waals surface area (Å²) in [5.74, 6) is 6.47. The molecule has 0 aliphatic heterocycles. The summed E-state index contributed by atoms with van der Waals surface area (Å²) in [5.41, 5.74) is 0. The van der Waals surface area contributed by atoms with E-state index in [0.29, 0.717) is 5.92 Å². The zero-order valence-electron chi connectivity index (χ0n) is 9.01. The summed E-state index contributed by atoms with van der Waals surface area (Å²) in [6, 6.07) is 0. The molecule has 0 radical (unpaired) electrons. The summed E-state index contributed by atoms with van der Waals surface area (Å²) in [4.78, 5) is 10.6. The lowest BCUT2D eigenvalue weighted by atomic mass is 9.90. The minimum atomic E-state index is -0.255. The molecule has 1 saturated carbocycles. The van der Waals surface area contributed by atoms with Gasteiger partial charge >= 0.3 is 5.97 Å². The van der Waals surface area contributed by atoms with Crippen molar-refractivity contribution < 1.29 is 9.53 Å².